The Balaban J connectivity index is 0.00000529. The van der Waals surface area contributed by atoms with Crippen molar-refractivity contribution in [2.24, 2.45) is 5.92 Å². The predicted molar refractivity (Wildman–Crippen MR) is 171 cm³/mol. The molecule has 0 radical (unpaired) electrons. The van der Waals surface area contributed by atoms with Gasteiger partial charge in [0, 0.05) is 17.5 Å². The van der Waals surface area contributed by atoms with Crippen LogP contribution in [0.5, 0.6) is 5.75 Å². The second-order valence-corrected chi connectivity index (χ2v) is 12.4. The largest absolute Gasteiger partial charge is 0.496 e. The van der Waals surface area contributed by atoms with E-state index in [1.165, 1.54) is 47.1 Å². The fraction of sp³-hybridized carbons (Fsp3) is 0.467. The summed E-state index contributed by atoms with van der Waals surface area (Å²) in [6.45, 7) is 10.1. The molecule has 0 aliphatic carbocycles. The molecular formula is C30H37FN6O5S2. The maximum absolute atomic E-state index is 14.6. The van der Waals surface area contributed by atoms with Crippen LogP contribution in [-0.2, 0) is 27.2 Å². The van der Waals surface area contributed by atoms with Gasteiger partial charge in [-0.25, -0.2) is 13.8 Å². The smallest absolute Gasteiger partial charge is 0.333 e. The van der Waals surface area contributed by atoms with Crippen molar-refractivity contribution >= 4 is 40.8 Å². The summed E-state index contributed by atoms with van der Waals surface area (Å²) in [5.74, 6) is -0.497. The monoisotopic (exact) mass is 644 g/mol. The Morgan fingerprint density at radius 2 is 1.84 bits per heavy atom. The van der Waals surface area contributed by atoms with E-state index in [1.807, 2.05) is 19.9 Å². The number of nitriles is 1. The number of benzene rings is 1. The van der Waals surface area contributed by atoms with Crippen LogP contribution in [0.4, 0.5) is 4.39 Å². The molecule has 3 aromatic heterocycles. The van der Waals surface area contributed by atoms with Crippen molar-refractivity contribution in [1.82, 2.24) is 24.1 Å². The van der Waals surface area contributed by atoms with Crippen LogP contribution in [0.2, 0.25) is 0 Å². The molecule has 11 nitrogen and oxygen atoms in total. The van der Waals surface area contributed by atoms with Gasteiger partial charge in [-0.15, -0.1) is 4.80 Å². The van der Waals surface area contributed by atoms with Crippen LogP contribution in [0.25, 0.3) is 15.2 Å². The highest BCUT2D eigenvalue weighted by atomic mass is 32.1. The first-order valence-corrected chi connectivity index (χ1v) is 14.6. The highest BCUT2D eigenvalue weighted by Crippen LogP contribution is 2.38. The number of hydrogen-bond donors (Lipinski definition) is 0. The number of hydrogen-bond acceptors (Lipinski definition) is 9. The predicted octanol–water partition coefficient (Wildman–Crippen LogP) is 4.57. The van der Waals surface area contributed by atoms with Gasteiger partial charge in [0.2, 0.25) is 0 Å². The molecule has 236 valence electrons. The summed E-state index contributed by atoms with van der Waals surface area (Å²) in [4.78, 5) is 43.7. The van der Waals surface area contributed by atoms with Gasteiger partial charge in [-0.1, -0.05) is 25.2 Å². The van der Waals surface area contributed by atoms with Gasteiger partial charge < -0.3 is 9.47 Å². The van der Waals surface area contributed by atoms with Crippen molar-refractivity contribution in [2.45, 2.75) is 72.1 Å². The number of carbonyl (C=O) groups excluding carboxylic acids is 1. The number of thiophene rings is 1. The summed E-state index contributed by atoms with van der Waals surface area (Å²) in [6.07, 6.45) is 3.21. The number of ketones is 1. The zero-order valence-corrected chi connectivity index (χ0v) is 27.6. The van der Waals surface area contributed by atoms with Crippen LogP contribution in [-0.4, -0.2) is 43.6 Å². The van der Waals surface area contributed by atoms with E-state index in [0.29, 0.717) is 26.7 Å². The highest BCUT2D eigenvalue weighted by Gasteiger charge is 2.38. The van der Waals surface area contributed by atoms with Gasteiger partial charge in [0.1, 0.15) is 32.5 Å². The van der Waals surface area contributed by atoms with E-state index in [1.54, 1.807) is 27.7 Å². The van der Waals surface area contributed by atoms with Crippen molar-refractivity contribution in [3.63, 3.8) is 0 Å². The zero-order chi connectivity index (χ0) is 31.7. The number of nitrogens with zero attached hydrogens (tertiary/aromatic N) is 6. The van der Waals surface area contributed by atoms with Crippen molar-refractivity contribution in [3.8, 4) is 16.8 Å². The minimum absolute atomic E-state index is 0. The Kier molecular flexibility index (Phi) is 10.6. The van der Waals surface area contributed by atoms with Crippen LogP contribution in [0.15, 0.2) is 40.2 Å². The van der Waals surface area contributed by atoms with Crippen LogP contribution in [0.1, 0.15) is 58.6 Å². The van der Waals surface area contributed by atoms with Crippen LogP contribution in [0, 0.1) is 30.0 Å². The molecule has 1 atom stereocenters. The number of methoxy groups -OCH3 is 1. The number of fused-ring (bicyclic) bond motifs is 1. The third-order valence-electron chi connectivity index (χ3n) is 7.45. The quantitative estimate of drug-likeness (QED) is 0.205. The topological polar surface area (TPSA) is 134 Å². The van der Waals surface area contributed by atoms with Crippen molar-refractivity contribution < 1.29 is 18.7 Å². The number of aryl methyl sites for hydroxylation is 1. The third kappa shape index (κ3) is 6.36. The van der Waals surface area contributed by atoms with Crippen LogP contribution < -0.4 is 16.0 Å². The van der Waals surface area contributed by atoms with Gasteiger partial charge in [0.05, 0.1) is 50.5 Å². The highest BCUT2D eigenvalue weighted by molar-refractivity contribution is 7.59. The third-order valence-corrected chi connectivity index (χ3v) is 8.73. The normalized spacial score (nSPS) is 13.0. The van der Waals surface area contributed by atoms with E-state index >= 15 is 0 Å². The summed E-state index contributed by atoms with van der Waals surface area (Å²) in [5, 5.41) is 18.4. The van der Waals surface area contributed by atoms with Gasteiger partial charge in [-0.05, 0) is 51.8 Å². The molecule has 1 aromatic carbocycles. The molecule has 0 unspecified atom stereocenters. The lowest BCUT2D eigenvalue weighted by atomic mass is 9.91. The first-order valence-electron chi connectivity index (χ1n) is 13.8. The number of carbonyl (C=O) groups is 1. The molecule has 0 fully saturated rings. The molecule has 4 aromatic rings. The van der Waals surface area contributed by atoms with Gasteiger partial charge >= 0.3 is 5.69 Å². The first-order chi connectivity index (χ1) is 20.3. The van der Waals surface area contributed by atoms with E-state index in [9.17, 15) is 24.0 Å². The van der Waals surface area contributed by atoms with E-state index in [2.05, 4.69) is 10.2 Å². The molecule has 0 aliphatic heterocycles. The number of rotatable bonds is 12. The minimum Gasteiger partial charge on any atom is -0.496 e. The minimum atomic E-state index is -1.48. The van der Waals surface area contributed by atoms with E-state index in [0.717, 1.165) is 15.9 Å². The average molecular weight is 645 g/mol. The van der Waals surface area contributed by atoms with Crippen molar-refractivity contribution in [1.29, 1.82) is 5.26 Å². The second-order valence-electron chi connectivity index (χ2n) is 11.5. The molecule has 44 heavy (non-hydrogen) atoms. The fourth-order valence-corrected chi connectivity index (χ4v) is 6.36. The number of ether oxygens (including phenoxy) is 2. The van der Waals surface area contributed by atoms with Gasteiger partial charge in [0.15, 0.2) is 5.78 Å². The summed E-state index contributed by atoms with van der Waals surface area (Å²) in [6, 6.07) is 6.00. The molecule has 0 saturated heterocycles. The first kappa shape index (κ1) is 34.7. The van der Waals surface area contributed by atoms with Crippen LogP contribution in [0.3, 0.4) is 0 Å². The molecule has 14 heteroatoms. The SMILES string of the molecule is COc1ccc(F)cc1[C@@](C)(Cn1c(=O)n(C(C)(C)C(=O)CC(C)C)c(=O)c2c(C)c(-n3nccn3)sc21)OCCC#N.S. The van der Waals surface area contributed by atoms with Gasteiger partial charge in [-0.3, -0.25) is 14.2 Å². The lowest BCUT2D eigenvalue weighted by Gasteiger charge is -2.33. The van der Waals surface area contributed by atoms with Crippen molar-refractivity contribution in [3.05, 3.63) is 68.4 Å². The molecule has 0 N–H and O–H groups in total. The fourth-order valence-electron chi connectivity index (χ4n) is 5.15. The second kappa shape index (κ2) is 13.5. The average Bonchev–Trinajstić information content (AvgIpc) is 3.59. The zero-order valence-electron chi connectivity index (χ0n) is 25.8. The van der Waals surface area contributed by atoms with E-state index < -0.39 is 28.2 Å². The molecule has 3 heterocycles. The Hall–Kier alpha value is -3.80. The van der Waals surface area contributed by atoms with Crippen LogP contribution >= 0.6 is 24.8 Å². The van der Waals surface area contributed by atoms with E-state index in [-0.39, 0.29) is 56.6 Å². The standard InChI is InChI=1S/C30H35FN6O5S.H2S/c1-18(2)15-23(38)29(4,5)36-25(39)24-19(3)26(37-33-12-13-34-37)43-27(24)35(28(36)40)17-30(6,42-14-8-11-32)21-16-20(31)9-10-22(21)41-7;/h9-10,12-13,16,18H,8,14-15,17H2,1-7H3;1H2/t30-;/m1./s1. The number of halogens is 1. The molecule has 0 bridgehead atoms. The Labute approximate surface area is 265 Å². The van der Waals surface area contributed by atoms with E-state index in [4.69, 9.17) is 9.47 Å². The summed E-state index contributed by atoms with van der Waals surface area (Å²) >= 11 is 1.14. The summed E-state index contributed by atoms with van der Waals surface area (Å²) < 4.78 is 28.7. The van der Waals surface area contributed by atoms with Crippen molar-refractivity contribution in [2.75, 3.05) is 13.7 Å². The number of Topliss-reactive ketones (excluding diaryl/α,β-unsaturated/α-hetero) is 1. The molecule has 0 saturated carbocycles. The Morgan fingerprint density at radius 3 is 2.43 bits per heavy atom. The lowest BCUT2D eigenvalue weighted by Crippen LogP contribution is -2.53. The summed E-state index contributed by atoms with van der Waals surface area (Å²) in [5.41, 5.74) is -3.39. The molecular weight excluding hydrogens is 607 g/mol. The summed E-state index contributed by atoms with van der Waals surface area (Å²) in [7, 11) is 1.44. The Morgan fingerprint density at radius 1 is 1.18 bits per heavy atom. The maximum Gasteiger partial charge on any atom is 0.333 e. The van der Waals surface area contributed by atoms with Gasteiger partial charge in [-0.2, -0.15) is 29.0 Å². The number of aromatic nitrogens is 5. The molecule has 0 spiro atoms. The van der Waals surface area contributed by atoms with Gasteiger partial charge in [0.25, 0.3) is 5.56 Å². The Bertz CT molecular complexity index is 1820. The lowest BCUT2D eigenvalue weighted by molar-refractivity contribution is -0.127. The maximum atomic E-state index is 14.6. The molecule has 0 amide bonds. The molecule has 4 rings (SSSR count). The molecule has 0 aliphatic rings.